The Bertz CT molecular complexity index is 777. The van der Waals surface area contributed by atoms with Crippen LogP contribution in [0.2, 0.25) is 0 Å². The van der Waals surface area contributed by atoms with Gasteiger partial charge in [0.1, 0.15) is 12.0 Å². The first-order valence-corrected chi connectivity index (χ1v) is 8.71. The topological polar surface area (TPSA) is 87.1 Å². The lowest BCUT2D eigenvalue weighted by molar-refractivity contribution is -0.141. The molecule has 0 heterocycles. The molecule has 6 nitrogen and oxygen atoms in total. The van der Waals surface area contributed by atoms with Gasteiger partial charge in [-0.05, 0) is 35.9 Å². The molecule has 2 aromatic carbocycles. The maximum absolute atomic E-state index is 11.6. The number of carbonyl (C=O) groups excluding carboxylic acids is 2. The van der Waals surface area contributed by atoms with E-state index in [0.29, 0.717) is 18.4 Å². The van der Waals surface area contributed by atoms with Crippen LogP contribution in [0.1, 0.15) is 35.1 Å². The summed E-state index contributed by atoms with van der Waals surface area (Å²) >= 11 is 0. The Hall–Kier alpha value is -2.70. The van der Waals surface area contributed by atoms with Crippen LogP contribution in [0.25, 0.3) is 0 Å². The minimum atomic E-state index is -0.913. The molecule has 2 unspecified atom stereocenters. The number of esters is 1. The van der Waals surface area contributed by atoms with Crippen LogP contribution in [0.5, 0.6) is 5.75 Å². The summed E-state index contributed by atoms with van der Waals surface area (Å²) in [5, 5.41) is 20.3. The van der Waals surface area contributed by atoms with Gasteiger partial charge < -0.3 is 19.7 Å². The van der Waals surface area contributed by atoms with Crippen molar-refractivity contribution in [1.29, 1.82) is 0 Å². The van der Waals surface area contributed by atoms with Gasteiger partial charge in [0.2, 0.25) is 0 Å². The number of likely N-dealkylation sites (N-methyl/N-ethyl adjacent to an activating group) is 1. The van der Waals surface area contributed by atoms with Gasteiger partial charge in [-0.25, -0.2) is 0 Å². The highest BCUT2D eigenvalue weighted by Crippen LogP contribution is 2.33. The summed E-state index contributed by atoms with van der Waals surface area (Å²) in [5.41, 5.74) is 2.34. The maximum atomic E-state index is 11.6. The van der Waals surface area contributed by atoms with Gasteiger partial charge in [-0.1, -0.05) is 36.4 Å². The zero-order valence-corrected chi connectivity index (χ0v) is 15.5. The van der Waals surface area contributed by atoms with Gasteiger partial charge in [0.15, 0.2) is 0 Å². The van der Waals surface area contributed by atoms with Crippen molar-refractivity contribution in [1.82, 2.24) is 4.90 Å². The molecule has 0 spiro atoms. The number of aliphatic hydroxyl groups excluding tert-OH is 1. The van der Waals surface area contributed by atoms with Crippen LogP contribution < -0.4 is 0 Å². The number of aliphatic hydroxyl groups is 1. The molecule has 0 saturated heterocycles. The number of phenolic OH excluding ortho intramolecular Hbond substituents is 1. The number of phenols is 1. The molecule has 2 aromatic rings. The van der Waals surface area contributed by atoms with Gasteiger partial charge in [0.05, 0.1) is 19.8 Å². The van der Waals surface area contributed by atoms with Crippen molar-refractivity contribution in [2.24, 2.45) is 0 Å². The number of benzene rings is 2. The van der Waals surface area contributed by atoms with E-state index in [1.165, 1.54) is 7.11 Å². The molecular weight excluding hydrogens is 346 g/mol. The zero-order valence-electron chi connectivity index (χ0n) is 15.5. The van der Waals surface area contributed by atoms with Crippen molar-refractivity contribution in [3.05, 3.63) is 65.2 Å². The van der Waals surface area contributed by atoms with E-state index in [1.807, 2.05) is 29.2 Å². The predicted molar refractivity (Wildman–Crippen MR) is 102 cm³/mol. The fourth-order valence-electron chi connectivity index (χ4n) is 3.14. The minimum Gasteiger partial charge on any atom is -0.508 e. The summed E-state index contributed by atoms with van der Waals surface area (Å²) in [6, 6.07) is 14.3. The number of aldehydes is 1. The Morgan fingerprint density at radius 2 is 1.89 bits per heavy atom. The minimum absolute atomic E-state index is 0.00176. The number of ether oxygens (including phenoxy) is 1. The number of carbonyl (C=O) groups is 2. The van der Waals surface area contributed by atoms with E-state index in [-0.39, 0.29) is 30.6 Å². The average Bonchev–Trinajstić information content (AvgIpc) is 2.66. The predicted octanol–water partition coefficient (Wildman–Crippen LogP) is 2.25. The highest BCUT2D eigenvalue weighted by atomic mass is 16.5. The summed E-state index contributed by atoms with van der Waals surface area (Å²) in [6.07, 6.45) is -0.222. The molecule has 144 valence electrons. The smallest absolute Gasteiger partial charge is 0.319 e. The second-order valence-corrected chi connectivity index (χ2v) is 6.47. The lowest BCUT2D eigenvalue weighted by atomic mass is 9.85. The molecule has 2 atom stereocenters. The molecule has 0 bridgehead atoms. The fourth-order valence-corrected chi connectivity index (χ4v) is 3.14. The molecule has 0 saturated carbocycles. The Labute approximate surface area is 159 Å². The third kappa shape index (κ3) is 5.64. The molecular formula is C21H25NO5. The normalized spacial score (nSPS) is 13.2. The number of aromatic hydroxyl groups is 1. The maximum Gasteiger partial charge on any atom is 0.319 e. The Morgan fingerprint density at radius 1 is 1.19 bits per heavy atom. The highest BCUT2D eigenvalue weighted by Gasteiger charge is 2.23. The van der Waals surface area contributed by atoms with E-state index < -0.39 is 6.10 Å². The Morgan fingerprint density at radius 3 is 2.52 bits per heavy atom. The number of hydrogen-bond acceptors (Lipinski definition) is 6. The van der Waals surface area contributed by atoms with Crippen molar-refractivity contribution < 1.29 is 24.5 Å². The van der Waals surface area contributed by atoms with Crippen LogP contribution in [0.15, 0.2) is 48.5 Å². The van der Waals surface area contributed by atoms with Crippen molar-refractivity contribution in [2.75, 3.05) is 27.2 Å². The average molecular weight is 371 g/mol. The summed E-state index contributed by atoms with van der Waals surface area (Å²) < 4.78 is 4.73. The molecule has 6 heteroatoms. The van der Waals surface area contributed by atoms with E-state index in [4.69, 9.17) is 4.74 Å². The molecule has 2 rings (SSSR count). The van der Waals surface area contributed by atoms with E-state index in [0.717, 1.165) is 11.1 Å². The molecule has 0 aliphatic carbocycles. The second-order valence-electron chi connectivity index (χ2n) is 6.47. The summed E-state index contributed by atoms with van der Waals surface area (Å²) in [4.78, 5) is 24.3. The largest absolute Gasteiger partial charge is 0.508 e. The van der Waals surface area contributed by atoms with Gasteiger partial charge in [0.25, 0.3) is 0 Å². The molecule has 0 aliphatic heterocycles. The van der Waals surface area contributed by atoms with E-state index in [9.17, 15) is 19.8 Å². The monoisotopic (exact) mass is 371 g/mol. The Kier molecular flexibility index (Phi) is 7.52. The summed E-state index contributed by atoms with van der Waals surface area (Å²) in [5.74, 6) is -0.426. The van der Waals surface area contributed by atoms with E-state index in [2.05, 4.69) is 0 Å². The molecule has 0 amide bonds. The third-order valence-electron chi connectivity index (χ3n) is 4.44. The SMILES string of the molecule is COC(=O)CN(C)CC(c1cccc(O)c1)c1ccccc1C(O)CC=O. The van der Waals surface area contributed by atoms with Crippen molar-refractivity contribution in [2.45, 2.75) is 18.4 Å². The van der Waals surface area contributed by atoms with Crippen LogP contribution >= 0.6 is 0 Å². The van der Waals surface area contributed by atoms with Crippen LogP contribution in [0.3, 0.4) is 0 Å². The van der Waals surface area contributed by atoms with Gasteiger partial charge in [-0.2, -0.15) is 0 Å². The first-order chi connectivity index (χ1) is 13.0. The highest BCUT2D eigenvalue weighted by molar-refractivity contribution is 5.71. The van der Waals surface area contributed by atoms with Crippen molar-refractivity contribution >= 4 is 12.3 Å². The standard InChI is InChI=1S/C21H25NO5/c1-22(14-21(26)27-2)13-19(15-6-5-7-16(24)12-15)17-8-3-4-9-18(17)20(25)10-11-23/h3-9,11-12,19-20,24-25H,10,13-14H2,1-2H3. The molecule has 0 aliphatic rings. The lowest BCUT2D eigenvalue weighted by Gasteiger charge is -2.27. The summed E-state index contributed by atoms with van der Waals surface area (Å²) in [7, 11) is 3.14. The lowest BCUT2D eigenvalue weighted by Crippen LogP contribution is -2.31. The van der Waals surface area contributed by atoms with E-state index in [1.54, 1.807) is 31.3 Å². The molecule has 0 aromatic heterocycles. The third-order valence-corrected chi connectivity index (χ3v) is 4.44. The molecule has 27 heavy (non-hydrogen) atoms. The van der Waals surface area contributed by atoms with Crippen LogP contribution in [-0.4, -0.2) is 54.6 Å². The van der Waals surface area contributed by atoms with E-state index >= 15 is 0 Å². The van der Waals surface area contributed by atoms with Gasteiger partial charge in [-0.3, -0.25) is 9.69 Å². The van der Waals surface area contributed by atoms with Crippen molar-refractivity contribution in [3.63, 3.8) is 0 Å². The Balaban J connectivity index is 2.44. The second kappa shape index (κ2) is 9.85. The zero-order chi connectivity index (χ0) is 19.8. The van der Waals surface area contributed by atoms with Crippen LogP contribution in [0, 0.1) is 0 Å². The number of nitrogens with zero attached hydrogens (tertiary/aromatic N) is 1. The fraction of sp³-hybridized carbons (Fsp3) is 0.333. The van der Waals surface area contributed by atoms with Gasteiger partial charge in [0, 0.05) is 18.9 Å². The van der Waals surface area contributed by atoms with Crippen LogP contribution in [0.4, 0.5) is 0 Å². The number of methoxy groups -OCH3 is 1. The quantitative estimate of drug-likeness (QED) is 0.519. The number of hydrogen-bond donors (Lipinski definition) is 2. The first-order valence-electron chi connectivity index (χ1n) is 8.71. The van der Waals surface area contributed by atoms with Crippen LogP contribution in [-0.2, 0) is 14.3 Å². The molecule has 0 radical (unpaired) electrons. The first kappa shape index (κ1) is 20.6. The summed E-state index contributed by atoms with van der Waals surface area (Å²) in [6.45, 7) is 0.578. The van der Waals surface area contributed by atoms with Crippen molar-refractivity contribution in [3.8, 4) is 5.75 Å². The van der Waals surface area contributed by atoms with Gasteiger partial charge in [-0.15, -0.1) is 0 Å². The van der Waals surface area contributed by atoms with Gasteiger partial charge >= 0.3 is 5.97 Å². The number of rotatable bonds is 9. The molecule has 0 fully saturated rings. The molecule has 2 N–H and O–H groups in total.